The Hall–Kier alpha value is -1.85. The zero-order valence-electron chi connectivity index (χ0n) is 12.3. The molecular weight excluding hydrogens is 254 g/mol. The van der Waals surface area contributed by atoms with Crippen molar-refractivity contribution in [2.75, 3.05) is 36.4 Å². The van der Waals surface area contributed by atoms with Gasteiger partial charge < -0.3 is 15.5 Å². The van der Waals surface area contributed by atoms with Crippen LogP contribution in [0.1, 0.15) is 32.0 Å². The number of hydrogen-bond acceptors (Lipinski definition) is 5. The van der Waals surface area contributed by atoms with E-state index in [9.17, 15) is 4.79 Å². The van der Waals surface area contributed by atoms with Gasteiger partial charge in [-0.25, -0.2) is 9.97 Å². The van der Waals surface area contributed by atoms with E-state index < -0.39 is 0 Å². The molecule has 1 aliphatic rings. The number of hydrogen-bond donors (Lipinski definition) is 2. The molecule has 1 aromatic heterocycles. The monoisotopic (exact) mass is 277 g/mol. The van der Waals surface area contributed by atoms with Crippen LogP contribution in [-0.4, -0.2) is 42.1 Å². The van der Waals surface area contributed by atoms with E-state index in [4.69, 9.17) is 0 Å². The van der Waals surface area contributed by atoms with Gasteiger partial charge in [0.25, 0.3) is 0 Å². The summed E-state index contributed by atoms with van der Waals surface area (Å²) in [5.41, 5.74) is 0. The van der Waals surface area contributed by atoms with Crippen molar-refractivity contribution in [3.63, 3.8) is 0 Å². The fraction of sp³-hybridized carbons (Fsp3) is 0.643. The van der Waals surface area contributed by atoms with Crippen LogP contribution < -0.4 is 15.5 Å². The van der Waals surface area contributed by atoms with Crippen LogP contribution in [0.3, 0.4) is 0 Å². The minimum atomic E-state index is 0.0726. The molecule has 1 aromatic rings. The van der Waals surface area contributed by atoms with E-state index in [0.29, 0.717) is 19.5 Å². The Kier molecular flexibility index (Phi) is 5.15. The van der Waals surface area contributed by atoms with Crippen LogP contribution in [0.15, 0.2) is 6.07 Å². The van der Waals surface area contributed by atoms with Gasteiger partial charge in [-0.05, 0) is 19.8 Å². The lowest BCUT2D eigenvalue weighted by atomic mass is 10.4. The Morgan fingerprint density at radius 3 is 2.75 bits per heavy atom. The summed E-state index contributed by atoms with van der Waals surface area (Å²) in [4.78, 5) is 22.3. The standard InChI is InChI=1S/C14H23N5O/c1-3-14(20)16-7-6-15-12-10-13(18-11(2)17-12)19-8-4-5-9-19/h10H,3-9H2,1-2H3,(H,16,20)(H,15,17,18). The first kappa shape index (κ1) is 14.6. The summed E-state index contributed by atoms with van der Waals surface area (Å²) in [6.07, 6.45) is 2.98. The maximum absolute atomic E-state index is 11.1. The van der Waals surface area contributed by atoms with E-state index in [1.54, 1.807) is 0 Å². The summed E-state index contributed by atoms with van der Waals surface area (Å²) in [7, 11) is 0. The molecule has 110 valence electrons. The largest absolute Gasteiger partial charge is 0.368 e. The fourth-order valence-corrected chi connectivity index (χ4v) is 2.27. The molecule has 1 aliphatic heterocycles. The Morgan fingerprint density at radius 1 is 1.30 bits per heavy atom. The van der Waals surface area contributed by atoms with Gasteiger partial charge >= 0.3 is 0 Å². The maximum atomic E-state index is 11.1. The second-order valence-corrected chi connectivity index (χ2v) is 4.98. The van der Waals surface area contributed by atoms with Crippen molar-refractivity contribution in [3.05, 3.63) is 11.9 Å². The second-order valence-electron chi connectivity index (χ2n) is 4.98. The highest BCUT2D eigenvalue weighted by Gasteiger charge is 2.14. The normalized spacial score (nSPS) is 14.4. The lowest BCUT2D eigenvalue weighted by molar-refractivity contribution is -0.120. The number of carbonyl (C=O) groups excluding carboxylic acids is 1. The molecule has 1 amide bonds. The van der Waals surface area contributed by atoms with Gasteiger partial charge in [0.15, 0.2) is 0 Å². The molecule has 0 atom stereocenters. The highest BCUT2D eigenvalue weighted by molar-refractivity contribution is 5.75. The van der Waals surface area contributed by atoms with E-state index in [2.05, 4.69) is 25.5 Å². The number of anilines is 2. The minimum Gasteiger partial charge on any atom is -0.368 e. The number of rotatable bonds is 6. The van der Waals surface area contributed by atoms with Gasteiger partial charge in [-0.2, -0.15) is 0 Å². The van der Waals surface area contributed by atoms with Crippen LogP contribution in [0.25, 0.3) is 0 Å². The van der Waals surface area contributed by atoms with Gasteiger partial charge in [0, 0.05) is 38.7 Å². The van der Waals surface area contributed by atoms with E-state index >= 15 is 0 Å². The highest BCUT2D eigenvalue weighted by Crippen LogP contribution is 2.20. The molecular formula is C14H23N5O. The zero-order chi connectivity index (χ0) is 14.4. The van der Waals surface area contributed by atoms with Crippen LogP contribution in [0.5, 0.6) is 0 Å². The predicted molar refractivity (Wildman–Crippen MR) is 80.0 cm³/mol. The van der Waals surface area contributed by atoms with Crippen molar-refractivity contribution in [1.29, 1.82) is 0 Å². The topological polar surface area (TPSA) is 70.2 Å². The molecule has 2 rings (SSSR count). The Labute approximate surface area is 120 Å². The number of amides is 1. The lowest BCUT2D eigenvalue weighted by Crippen LogP contribution is -2.28. The molecule has 0 spiro atoms. The van der Waals surface area contributed by atoms with E-state index in [-0.39, 0.29) is 5.91 Å². The van der Waals surface area contributed by atoms with Crippen molar-refractivity contribution >= 4 is 17.5 Å². The van der Waals surface area contributed by atoms with Gasteiger partial charge in [0.2, 0.25) is 5.91 Å². The molecule has 0 unspecified atom stereocenters. The van der Waals surface area contributed by atoms with Crippen LogP contribution in [-0.2, 0) is 4.79 Å². The summed E-state index contributed by atoms with van der Waals surface area (Å²) in [5.74, 6) is 2.66. The Balaban J connectivity index is 1.89. The van der Waals surface area contributed by atoms with E-state index in [1.165, 1.54) is 12.8 Å². The SMILES string of the molecule is CCC(=O)NCCNc1cc(N2CCCC2)nc(C)n1. The predicted octanol–water partition coefficient (Wildman–Crippen LogP) is 1.32. The van der Waals surface area contributed by atoms with Crippen molar-refractivity contribution in [2.24, 2.45) is 0 Å². The first-order valence-electron chi connectivity index (χ1n) is 7.30. The second kappa shape index (κ2) is 7.07. The number of aryl methyl sites for hydroxylation is 1. The van der Waals surface area contributed by atoms with Crippen molar-refractivity contribution < 1.29 is 4.79 Å². The quantitative estimate of drug-likeness (QED) is 0.768. The lowest BCUT2D eigenvalue weighted by Gasteiger charge is -2.17. The molecule has 1 fully saturated rings. The molecule has 6 nitrogen and oxygen atoms in total. The number of carbonyl (C=O) groups is 1. The highest BCUT2D eigenvalue weighted by atomic mass is 16.1. The summed E-state index contributed by atoms with van der Waals surface area (Å²) in [6, 6.07) is 1.99. The van der Waals surface area contributed by atoms with Gasteiger partial charge in [0.1, 0.15) is 17.5 Å². The van der Waals surface area contributed by atoms with Crippen molar-refractivity contribution in [3.8, 4) is 0 Å². The van der Waals surface area contributed by atoms with E-state index in [1.807, 2.05) is 19.9 Å². The van der Waals surface area contributed by atoms with Gasteiger partial charge in [-0.3, -0.25) is 4.79 Å². The third-order valence-corrected chi connectivity index (χ3v) is 3.33. The third-order valence-electron chi connectivity index (χ3n) is 3.33. The molecule has 2 N–H and O–H groups in total. The fourth-order valence-electron chi connectivity index (χ4n) is 2.27. The van der Waals surface area contributed by atoms with E-state index in [0.717, 1.165) is 30.5 Å². The number of nitrogens with zero attached hydrogens (tertiary/aromatic N) is 3. The van der Waals surface area contributed by atoms with Gasteiger partial charge in [-0.1, -0.05) is 6.92 Å². The van der Waals surface area contributed by atoms with Crippen molar-refractivity contribution in [2.45, 2.75) is 33.1 Å². The van der Waals surface area contributed by atoms with Crippen LogP contribution >= 0.6 is 0 Å². The van der Waals surface area contributed by atoms with Gasteiger partial charge in [0.05, 0.1) is 0 Å². The number of nitrogens with one attached hydrogen (secondary N) is 2. The van der Waals surface area contributed by atoms with Crippen LogP contribution in [0, 0.1) is 6.92 Å². The summed E-state index contributed by atoms with van der Waals surface area (Å²) >= 11 is 0. The van der Waals surface area contributed by atoms with Crippen LogP contribution in [0.2, 0.25) is 0 Å². The molecule has 0 aliphatic carbocycles. The Bertz CT molecular complexity index is 457. The smallest absolute Gasteiger partial charge is 0.219 e. The summed E-state index contributed by atoms with van der Waals surface area (Å²) < 4.78 is 0. The minimum absolute atomic E-state index is 0.0726. The first-order valence-corrected chi connectivity index (χ1v) is 7.30. The molecule has 2 heterocycles. The van der Waals surface area contributed by atoms with Crippen LogP contribution in [0.4, 0.5) is 11.6 Å². The summed E-state index contributed by atoms with van der Waals surface area (Å²) in [6.45, 7) is 7.17. The average molecular weight is 277 g/mol. The molecule has 0 bridgehead atoms. The molecule has 0 aromatic carbocycles. The van der Waals surface area contributed by atoms with Gasteiger partial charge in [-0.15, -0.1) is 0 Å². The average Bonchev–Trinajstić information content (AvgIpc) is 2.97. The summed E-state index contributed by atoms with van der Waals surface area (Å²) in [5, 5.41) is 6.07. The molecule has 1 saturated heterocycles. The maximum Gasteiger partial charge on any atom is 0.219 e. The molecule has 6 heteroatoms. The molecule has 20 heavy (non-hydrogen) atoms. The number of aromatic nitrogens is 2. The zero-order valence-corrected chi connectivity index (χ0v) is 12.3. The Morgan fingerprint density at radius 2 is 2.05 bits per heavy atom. The molecule has 0 radical (unpaired) electrons. The first-order chi connectivity index (χ1) is 9.69. The van der Waals surface area contributed by atoms with Crippen molar-refractivity contribution in [1.82, 2.24) is 15.3 Å². The molecule has 0 saturated carbocycles. The third kappa shape index (κ3) is 4.08.